The summed E-state index contributed by atoms with van der Waals surface area (Å²) in [5.41, 5.74) is 8.07. The van der Waals surface area contributed by atoms with Crippen LogP contribution in [0.15, 0.2) is 22.6 Å². The minimum atomic E-state index is -0.319. The molecule has 1 amide bonds. The van der Waals surface area contributed by atoms with Crippen molar-refractivity contribution in [3.05, 3.63) is 32.8 Å². The number of hydrogen-bond donors (Lipinski definition) is 0. The zero-order valence-electron chi connectivity index (χ0n) is 6.75. The minimum absolute atomic E-state index is 0.0606. The average molecular weight is 193 g/mol. The van der Waals surface area contributed by atoms with Crippen LogP contribution in [-0.2, 0) is 4.79 Å². The van der Waals surface area contributed by atoms with Crippen molar-refractivity contribution in [3.8, 4) is 0 Å². The van der Waals surface area contributed by atoms with E-state index in [9.17, 15) is 4.79 Å². The number of azide groups is 1. The molecule has 0 saturated heterocycles. The highest BCUT2D eigenvalue weighted by Crippen LogP contribution is 2.49. The third-order valence-electron chi connectivity index (χ3n) is 2.16. The maximum atomic E-state index is 11.1. The molecule has 0 radical (unpaired) electrons. The van der Waals surface area contributed by atoms with Crippen molar-refractivity contribution < 1.29 is 4.79 Å². The van der Waals surface area contributed by atoms with E-state index in [1.54, 1.807) is 11.3 Å². The molecule has 1 aromatic rings. The van der Waals surface area contributed by atoms with Crippen LogP contribution in [0.1, 0.15) is 17.2 Å². The van der Waals surface area contributed by atoms with Crippen molar-refractivity contribution >= 4 is 17.2 Å². The Morgan fingerprint density at radius 2 is 2.62 bits per heavy atom. The second-order valence-corrected chi connectivity index (χ2v) is 3.97. The van der Waals surface area contributed by atoms with Gasteiger partial charge in [-0.15, -0.1) is 11.3 Å². The van der Waals surface area contributed by atoms with Crippen LogP contribution < -0.4 is 0 Å². The van der Waals surface area contributed by atoms with E-state index in [1.165, 1.54) is 4.88 Å². The van der Waals surface area contributed by atoms with Crippen LogP contribution in [0.2, 0.25) is 0 Å². The molecule has 0 bridgehead atoms. The van der Waals surface area contributed by atoms with E-state index in [-0.39, 0.29) is 11.8 Å². The molecule has 2 atom stereocenters. The van der Waals surface area contributed by atoms with E-state index in [1.807, 2.05) is 17.5 Å². The Balaban J connectivity index is 2.04. The first kappa shape index (κ1) is 8.29. The molecular formula is C8H7N3OS. The molecule has 5 heteroatoms. The quantitative estimate of drug-likeness (QED) is 0.404. The van der Waals surface area contributed by atoms with E-state index in [4.69, 9.17) is 5.53 Å². The fraction of sp³-hybridized carbons (Fsp3) is 0.375. The lowest BCUT2D eigenvalue weighted by Crippen LogP contribution is -1.95. The van der Waals surface area contributed by atoms with E-state index < -0.39 is 0 Å². The molecule has 0 spiro atoms. The summed E-state index contributed by atoms with van der Waals surface area (Å²) in [5.74, 6) is -0.0755. The second-order valence-electron chi connectivity index (χ2n) is 2.99. The first-order valence-corrected chi connectivity index (χ1v) is 4.83. The maximum absolute atomic E-state index is 11.1. The van der Waals surface area contributed by atoms with Crippen LogP contribution >= 0.6 is 11.3 Å². The number of carbonyl (C=O) groups excluding carboxylic acids is 1. The monoisotopic (exact) mass is 193 g/mol. The van der Waals surface area contributed by atoms with Gasteiger partial charge in [-0.2, -0.15) is 0 Å². The summed E-state index contributed by atoms with van der Waals surface area (Å²) >= 11 is 1.65. The predicted octanol–water partition coefficient (Wildman–Crippen LogP) is 2.69. The molecule has 1 saturated carbocycles. The molecule has 1 aromatic heterocycles. The van der Waals surface area contributed by atoms with Gasteiger partial charge in [0, 0.05) is 21.6 Å². The maximum Gasteiger partial charge on any atom is 0.222 e. The Bertz CT molecular complexity index is 367. The zero-order valence-corrected chi connectivity index (χ0v) is 7.57. The lowest BCUT2D eigenvalue weighted by atomic mass is 10.2. The summed E-state index contributed by atoms with van der Waals surface area (Å²) in [6, 6.07) is 3.98. The zero-order chi connectivity index (χ0) is 9.26. The van der Waals surface area contributed by atoms with E-state index in [0.29, 0.717) is 5.92 Å². The molecule has 4 nitrogen and oxygen atoms in total. The Morgan fingerprint density at radius 3 is 3.23 bits per heavy atom. The summed E-state index contributed by atoms with van der Waals surface area (Å²) in [7, 11) is 0. The Kier molecular flexibility index (Phi) is 2.04. The van der Waals surface area contributed by atoms with E-state index in [0.717, 1.165) is 6.42 Å². The van der Waals surface area contributed by atoms with Crippen LogP contribution in [0.5, 0.6) is 0 Å². The van der Waals surface area contributed by atoms with Crippen molar-refractivity contribution in [2.45, 2.75) is 12.3 Å². The highest BCUT2D eigenvalue weighted by molar-refractivity contribution is 7.10. The lowest BCUT2D eigenvalue weighted by Gasteiger charge is -1.89. The van der Waals surface area contributed by atoms with Crippen LogP contribution in [0.25, 0.3) is 10.4 Å². The SMILES string of the molecule is [N-]=[N+]=NC(=O)[C@H]1C[C@@H]1c1cccs1. The van der Waals surface area contributed by atoms with Gasteiger partial charge in [-0.3, -0.25) is 4.79 Å². The number of thiophene rings is 1. The first-order valence-electron chi connectivity index (χ1n) is 3.95. The summed E-state index contributed by atoms with van der Waals surface area (Å²) in [6.07, 6.45) is 0.832. The number of rotatable bonds is 2. The van der Waals surface area contributed by atoms with Gasteiger partial charge in [0.1, 0.15) is 0 Å². The molecule has 66 valence electrons. The van der Waals surface area contributed by atoms with Gasteiger partial charge >= 0.3 is 0 Å². The topological polar surface area (TPSA) is 65.8 Å². The summed E-state index contributed by atoms with van der Waals surface area (Å²) in [5, 5.41) is 5.08. The fourth-order valence-corrected chi connectivity index (χ4v) is 2.31. The minimum Gasteiger partial charge on any atom is -0.292 e. The molecule has 1 fully saturated rings. The van der Waals surface area contributed by atoms with Crippen molar-refractivity contribution in [1.29, 1.82) is 0 Å². The van der Waals surface area contributed by atoms with Crippen molar-refractivity contribution in [3.63, 3.8) is 0 Å². The number of nitrogens with zero attached hydrogens (tertiary/aromatic N) is 3. The van der Waals surface area contributed by atoms with Crippen LogP contribution in [0, 0.1) is 5.92 Å². The molecule has 2 rings (SSSR count). The van der Waals surface area contributed by atoms with Crippen LogP contribution in [-0.4, -0.2) is 5.91 Å². The average Bonchev–Trinajstić information content (AvgIpc) is 2.74. The van der Waals surface area contributed by atoms with Crippen molar-refractivity contribution in [2.24, 2.45) is 11.0 Å². The fourth-order valence-electron chi connectivity index (χ4n) is 1.40. The van der Waals surface area contributed by atoms with Gasteiger partial charge in [-0.25, -0.2) is 0 Å². The molecule has 1 aliphatic carbocycles. The number of hydrogen-bond acceptors (Lipinski definition) is 2. The Morgan fingerprint density at radius 1 is 1.77 bits per heavy atom. The second kappa shape index (κ2) is 3.20. The molecular weight excluding hydrogens is 186 g/mol. The van der Waals surface area contributed by atoms with Gasteiger partial charge in [0.15, 0.2) is 0 Å². The number of carbonyl (C=O) groups is 1. The predicted molar refractivity (Wildman–Crippen MR) is 49.3 cm³/mol. The summed E-state index contributed by atoms with van der Waals surface area (Å²) < 4.78 is 0. The van der Waals surface area contributed by atoms with Gasteiger partial charge in [-0.05, 0) is 28.5 Å². The smallest absolute Gasteiger partial charge is 0.222 e. The molecule has 1 aliphatic rings. The lowest BCUT2D eigenvalue weighted by molar-refractivity contribution is -0.119. The van der Waals surface area contributed by atoms with Crippen LogP contribution in [0.3, 0.4) is 0 Å². The Labute approximate surface area is 78.8 Å². The van der Waals surface area contributed by atoms with Gasteiger partial charge in [-0.1, -0.05) is 6.07 Å². The van der Waals surface area contributed by atoms with Crippen LogP contribution in [0.4, 0.5) is 0 Å². The summed E-state index contributed by atoms with van der Waals surface area (Å²) in [4.78, 5) is 14.8. The molecule has 1 heterocycles. The van der Waals surface area contributed by atoms with Gasteiger partial charge in [0.2, 0.25) is 5.91 Å². The Hall–Kier alpha value is -1.32. The molecule has 0 N–H and O–H groups in total. The standard InChI is InChI=1S/C8H7N3OS/c9-11-10-8(12)6-4-5(6)7-2-1-3-13-7/h1-3,5-6H,4H2/t5-,6-/m0/s1. The van der Waals surface area contributed by atoms with E-state index in [2.05, 4.69) is 10.0 Å². The molecule has 0 aliphatic heterocycles. The highest BCUT2D eigenvalue weighted by Gasteiger charge is 2.43. The highest BCUT2D eigenvalue weighted by atomic mass is 32.1. The van der Waals surface area contributed by atoms with Crippen molar-refractivity contribution in [2.75, 3.05) is 0 Å². The summed E-state index contributed by atoms with van der Waals surface area (Å²) in [6.45, 7) is 0. The third kappa shape index (κ3) is 1.56. The van der Waals surface area contributed by atoms with E-state index >= 15 is 0 Å². The van der Waals surface area contributed by atoms with Gasteiger partial charge < -0.3 is 0 Å². The van der Waals surface area contributed by atoms with Gasteiger partial charge in [0.05, 0.1) is 0 Å². The van der Waals surface area contributed by atoms with Crippen molar-refractivity contribution in [1.82, 2.24) is 0 Å². The first-order chi connectivity index (χ1) is 6.33. The normalized spacial score (nSPS) is 24.9. The third-order valence-corrected chi connectivity index (χ3v) is 3.16. The molecule has 0 unspecified atom stereocenters. The number of amides is 1. The largest absolute Gasteiger partial charge is 0.292 e. The molecule has 13 heavy (non-hydrogen) atoms. The molecule has 0 aromatic carbocycles. The van der Waals surface area contributed by atoms with Gasteiger partial charge in [0.25, 0.3) is 0 Å².